The SMILES string of the molecule is CC1CCCCN1CCCNS(=O)(=O)c1cccc2c(N(C)C)cccc12.O=C(O)C=CC(=O)O. The Balaban J connectivity index is 0.000000466. The number of hydrogen-bond donors (Lipinski definition) is 3. The Labute approximate surface area is 207 Å². The van der Waals surface area contributed by atoms with Gasteiger partial charge in [-0.25, -0.2) is 22.7 Å². The highest BCUT2D eigenvalue weighted by molar-refractivity contribution is 7.89. The van der Waals surface area contributed by atoms with E-state index in [1.165, 1.54) is 19.3 Å². The predicted molar refractivity (Wildman–Crippen MR) is 137 cm³/mol. The number of piperidine rings is 1. The van der Waals surface area contributed by atoms with Gasteiger partial charge in [-0.3, -0.25) is 0 Å². The third-order valence-electron chi connectivity index (χ3n) is 5.85. The van der Waals surface area contributed by atoms with E-state index in [1.54, 1.807) is 6.07 Å². The average molecular weight is 506 g/mol. The van der Waals surface area contributed by atoms with Crippen molar-refractivity contribution in [3.8, 4) is 0 Å². The van der Waals surface area contributed by atoms with E-state index in [9.17, 15) is 18.0 Å². The molecule has 1 unspecified atom stereocenters. The summed E-state index contributed by atoms with van der Waals surface area (Å²) in [4.78, 5) is 23.9. The summed E-state index contributed by atoms with van der Waals surface area (Å²) in [7, 11) is 0.403. The summed E-state index contributed by atoms with van der Waals surface area (Å²) in [5.74, 6) is -2.51. The second kappa shape index (κ2) is 13.2. The van der Waals surface area contributed by atoms with E-state index < -0.39 is 22.0 Å². The van der Waals surface area contributed by atoms with Crippen LogP contribution in [0.15, 0.2) is 53.4 Å². The van der Waals surface area contributed by atoms with Crippen LogP contribution in [0.2, 0.25) is 0 Å². The molecule has 1 aliphatic rings. The van der Waals surface area contributed by atoms with Crippen LogP contribution in [0.1, 0.15) is 32.6 Å². The van der Waals surface area contributed by atoms with Crippen LogP contribution in [0.4, 0.5) is 5.69 Å². The van der Waals surface area contributed by atoms with Crippen LogP contribution in [0.3, 0.4) is 0 Å². The molecule has 1 atom stereocenters. The first-order valence-electron chi connectivity index (χ1n) is 11.6. The molecule has 0 amide bonds. The zero-order valence-corrected chi connectivity index (χ0v) is 21.3. The van der Waals surface area contributed by atoms with E-state index in [-0.39, 0.29) is 0 Å². The van der Waals surface area contributed by atoms with Gasteiger partial charge in [0.1, 0.15) is 0 Å². The van der Waals surface area contributed by atoms with E-state index in [2.05, 4.69) is 16.5 Å². The van der Waals surface area contributed by atoms with Crippen LogP contribution in [-0.4, -0.2) is 75.2 Å². The molecule has 10 heteroatoms. The third kappa shape index (κ3) is 8.65. The van der Waals surface area contributed by atoms with Gasteiger partial charge in [0.15, 0.2) is 0 Å². The fourth-order valence-corrected chi connectivity index (χ4v) is 5.38. The first kappa shape index (κ1) is 28.3. The van der Waals surface area contributed by atoms with Crippen LogP contribution < -0.4 is 9.62 Å². The Hall–Kier alpha value is -2.95. The van der Waals surface area contributed by atoms with Crippen molar-refractivity contribution < 1.29 is 28.2 Å². The van der Waals surface area contributed by atoms with Crippen molar-refractivity contribution in [2.45, 2.75) is 43.5 Å². The van der Waals surface area contributed by atoms with Gasteiger partial charge in [-0.05, 0) is 51.4 Å². The number of rotatable bonds is 9. The van der Waals surface area contributed by atoms with Gasteiger partial charge in [-0.1, -0.05) is 30.7 Å². The average Bonchev–Trinajstić information content (AvgIpc) is 2.81. The summed E-state index contributed by atoms with van der Waals surface area (Å²) in [5, 5.41) is 17.3. The van der Waals surface area contributed by atoms with E-state index >= 15 is 0 Å². The lowest BCUT2D eigenvalue weighted by atomic mass is 10.0. The van der Waals surface area contributed by atoms with Crippen molar-refractivity contribution in [2.24, 2.45) is 0 Å². The van der Waals surface area contributed by atoms with Gasteiger partial charge in [-0.15, -0.1) is 0 Å². The molecule has 3 rings (SSSR count). The molecule has 2 aromatic carbocycles. The number of likely N-dealkylation sites (tertiary alicyclic amines) is 1. The summed E-state index contributed by atoms with van der Waals surface area (Å²) in [5.41, 5.74) is 1.02. The molecule has 3 N–H and O–H groups in total. The lowest BCUT2D eigenvalue weighted by Crippen LogP contribution is -2.39. The Kier molecular flexibility index (Phi) is 10.7. The van der Waals surface area contributed by atoms with Gasteiger partial charge in [0.25, 0.3) is 0 Å². The van der Waals surface area contributed by atoms with Crippen molar-refractivity contribution >= 4 is 38.4 Å². The van der Waals surface area contributed by atoms with Crippen LogP contribution in [0, 0.1) is 0 Å². The molecule has 1 heterocycles. The Morgan fingerprint density at radius 2 is 1.69 bits per heavy atom. The van der Waals surface area contributed by atoms with Gasteiger partial charge in [-0.2, -0.15) is 0 Å². The number of nitrogens with one attached hydrogen (secondary N) is 1. The largest absolute Gasteiger partial charge is 0.478 e. The number of fused-ring (bicyclic) bond motifs is 1. The van der Waals surface area contributed by atoms with Crippen molar-refractivity contribution in [3.63, 3.8) is 0 Å². The van der Waals surface area contributed by atoms with Crippen LogP contribution in [0.5, 0.6) is 0 Å². The first-order valence-corrected chi connectivity index (χ1v) is 13.1. The highest BCUT2D eigenvalue weighted by Gasteiger charge is 2.20. The highest BCUT2D eigenvalue weighted by Crippen LogP contribution is 2.30. The molecule has 0 aliphatic carbocycles. The molecule has 9 nitrogen and oxygen atoms in total. The van der Waals surface area contributed by atoms with Crippen molar-refractivity contribution in [2.75, 3.05) is 38.6 Å². The van der Waals surface area contributed by atoms with Crippen molar-refractivity contribution in [1.29, 1.82) is 0 Å². The zero-order chi connectivity index (χ0) is 26.0. The maximum atomic E-state index is 12.9. The highest BCUT2D eigenvalue weighted by atomic mass is 32.2. The van der Waals surface area contributed by atoms with Crippen molar-refractivity contribution in [3.05, 3.63) is 48.6 Å². The topological polar surface area (TPSA) is 127 Å². The second-order valence-corrected chi connectivity index (χ2v) is 10.4. The van der Waals surface area contributed by atoms with E-state index in [0.29, 0.717) is 29.6 Å². The number of benzene rings is 2. The van der Waals surface area contributed by atoms with Crippen LogP contribution in [0.25, 0.3) is 10.8 Å². The monoisotopic (exact) mass is 505 g/mol. The molecule has 0 saturated carbocycles. The number of carboxylic acid groups (broad SMARTS) is 2. The molecular weight excluding hydrogens is 470 g/mol. The molecule has 192 valence electrons. The molecule has 1 saturated heterocycles. The lowest BCUT2D eigenvalue weighted by molar-refractivity contribution is -0.134. The Morgan fingerprint density at radius 3 is 2.29 bits per heavy atom. The number of sulfonamides is 1. The fourth-order valence-electron chi connectivity index (χ4n) is 4.09. The first-order chi connectivity index (χ1) is 16.5. The molecule has 1 aliphatic heterocycles. The summed E-state index contributed by atoms with van der Waals surface area (Å²) in [6, 6.07) is 11.9. The summed E-state index contributed by atoms with van der Waals surface area (Å²) < 4.78 is 28.6. The number of anilines is 1. The molecular formula is C25H35N3O6S. The summed E-state index contributed by atoms with van der Waals surface area (Å²) in [6.45, 7) is 4.81. The Bertz CT molecular complexity index is 1130. The number of aliphatic carboxylic acids is 2. The summed E-state index contributed by atoms with van der Waals surface area (Å²) >= 11 is 0. The summed E-state index contributed by atoms with van der Waals surface area (Å²) in [6.07, 6.45) is 5.75. The second-order valence-electron chi connectivity index (χ2n) is 8.66. The zero-order valence-electron chi connectivity index (χ0n) is 20.5. The van der Waals surface area contributed by atoms with Gasteiger partial charge in [0, 0.05) is 55.3 Å². The minimum absolute atomic E-state index is 0.357. The quantitative estimate of drug-likeness (QED) is 0.350. The van der Waals surface area contributed by atoms with Crippen LogP contribution >= 0.6 is 0 Å². The molecule has 1 fully saturated rings. The standard InChI is InChI=1S/C21H31N3O2S.C4H4O4/c1-17-9-4-5-15-24(17)16-8-14-22-27(25,26)21-13-7-10-18-19(21)11-6-12-20(18)23(2)3;5-3(6)1-2-4(7)8/h6-7,10-13,17,22H,4-5,8-9,14-16H2,1-3H3;1-2H,(H,5,6)(H,7,8). The maximum absolute atomic E-state index is 12.9. The molecule has 0 bridgehead atoms. The molecule has 0 radical (unpaired) electrons. The predicted octanol–water partition coefficient (Wildman–Crippen LogP) is 3.16. The maximum Gasteiger partial charge on any atom is 0.328 e. The molecule has 0 aromatic heterocycles. The lowest BCUT2D eigenvalue weighted by Gasteiger charge is -2.33. The molecule has 0 spiro atoms. The minimum Gasteiger partial charge on any atom is -0.478 e. The third-order valence-corrected chi connectivity index (χ3v) is 7.37. The number of nitrogens with zero attached hydrogens (tertiary/aromatic N) is 2. The number of hydrogen-bond acceptors (Lipinski definition) is 6. The number of carbonyl (C=O) groups is 2. The van der Waals surface area contributed by atoms with E-state index in [1.807, 2.05) is 49.3 Å². The smallest absolute Gasteiger partial charge is 0.328 e. The van der Waals surface area contributed by atoms with Gasteiger partial charge >= 0.3 is 11.9 Å². The Morgan fingerprint density at radius 1 is 1.06 bits per heavy atom. The van der Waals surface area contributed by atoms with Crippen LogP contribution in [-0.2, 0) is 19.6 Å². The van der Waals surface area contributed by atoms with Crippen molar-refractivity contribution in [1.82, 2.24) is 9.62 Å². The minimum atomic E-state index is -3.53. The van der Waals surface area contributed by atoms with Gasteiger partial charge < -0.3 is 20.0 Å². The van der Waals surface area contributed by atoms with E-state index in [0.717, 1.165) is 36.0 Å². The molecule has 2 aromatic rings. The number of carboxylic acids is 2. The van der Waals surface area contributed by atoms with E-state index in [4.69, 9.17) is 10.2 Å². The van der Waals surface area contributed by atoms with Gasteiger partial charge in [0.05, 0.1) is 4.90 Å². The fraction of sp³-hybridized carbons (Fsp3) is 0.440. The molecule has 35 heavy (non-hydrogen) atoms. The normalized spacial score (nSPS) is 16.6. The van der Waals surface area contributed by atoms with Gasteiger partial charge in [0.2, 0.25) is 10.0 Å².